The summed E-state index contributed by atoms with van der Waals surface area (Å²) in [6.45, 7) is 2.25. The van der Waals surface area contributed by atoms with E-state index in [4.69, 9.17) is 14.2 Å². The minimum atomic E-state index is -0.907. The Morgan fingerprint density at radius 1 is 1.17 bits per heavy atom. The number of cyclic esters (lactones) is 1. The highest BCUT2D eigenvalue weighted by Gasteiger charge is 2.36. The van der Waals surface area contributed by atoms with Crippen molar-refractivity contribution < 1.29 is 23.8 Å². The van der Waals surface area contributed by atoms with Gasteiger partial charge in [-0.1, -0.05) is 42.5 Å². The average Bonchev–Trinajstić information content (AvgIpc) is 3.31. The van der Waals surface area contributed by atoms with Gasteiger partial charge in [0.2, 0.25) is 6.10 Å². The summed E-state index contributed by atoms with van der Waals surface area (Å²) in [5, 5.41) is 4.63. The molecule has 154 valence electrons. The van der Waals surface area contributed by atoms with Gasteiger partial charge in [0.05, 0.1) is 13.7 Å². The number of esters is 2. The Hall–Kier alpha value is -3.61. The molecule has 30 heavy (non-hydrogen) atoms. The van der Waals surface area contributed by atoms with Gasteiger partial charge >= 0.3 is 11.9 Å². The van der Waals surface area contributed by atoms with Gasteiger partial charge in [-0.15, -0.1) is 0 Å². The number of aromatic nitrogens is 2. The van der Waals surface area contributed by atoms with Crippen molar-refractivity contribution in [3.05, 3.63) is 71.9 Å². The number of carbonyl (C=O) groups is 2. The van der Waals surface area contributed by atoms with Gasteiger partial charge in [-0.3, -0.25) is 4.68 Å². The summed E-state index contributed by atoms with van der Waals surface area (Å²) in [7, 11) is 1.56. The molecule has 1 aromatic heterocycles. The molecule has 0 saturated carbocycles. The van der Waals surface area contributed by atoms with Crippen LogP contribution in [0, 0.1) is 0 Å². The maximum atomic E-state index is 13.0. The number of hydrogen-bond acceptors (Lipinski definition) is 6. The van der Waals surface area contributed by atoms with Crippen molar-refractivity contribution in [1.82, 2.24) is 9.78 Å². The minimum Gasteiger partial charge on any atom is -0.496 e. The molecule has 4 rings (SSSR count). The molecule has 1 saturated heterocycles. The van der Waals surface area contributed by atoms with Crippen molar-refractivity contribution in [1.29, 1.82) is 0 Å². The molecule has 3 aromatic rings. The summed E-state index contributed by atoms with van der Waals surface area (Å²) in [6, 6.07) is 17.1. The van der Waals surface area contributed by atoms with E-state index >= 15 is 0 Å². The van der Waals surface area contributed by atoms with E-state index < -0.39 is 18.0 Å². The van der Waals surface area contributed by atoms with Crippen LogP contribution in [0.15, 0.2) is 60.8 Å². The Morgan fingerprint density at radius 3 is 2.60 bits per heavy atom. The lowest BCUT2D eigenvalue weighted by Gasteiger charge is -2.10. The molecule has 0 unspecified atom stereocenters. The molecule has 1 aliphatic rings. The standard InChI is InChI=1S/C23H22N2O5/c1-15-12-20(23(27)29-15)30-22(26)18-14-25(13-16-8-4-3-5-9-16)24-21(18)17-10-6-7-11-19(17)28-2/h3-11,14-15,20H,12-13H2,1-2H3/t15-,20-/m0/s1. The first-order valence-corrected chi connectivity index (χ1v) is 9.71. The zero-order valence-electron chi connectivity index (χ0n) is 16.8. The lowest BCUT2D eigenvalue weighted by Crippen LogP contribution is -2.22. The van der Waals surface area contributed by atoms with Crippen LogP contribution < -0.4 is 4.74 Å². The van der Waals surface area contributed by atoms with Crippen LogP contribution >= 0.6 is 0 Å². The average molecular weight is 406 g/mol. The lowest BCUT2D eigenvalue weighted by molar-refractivity contribution is -0.147. The van der Waals surface area contributed by atoms with Gasteiger partial charge in [0.15, 0.2) is 0 Å². The predicted octanol–water partition coefficient (Wildman–Crippen LogP) is 3.47. The highest BCUT2D eigenvalue weighted by molar-refractivity contribution is 5.98. The van der Waals surface area contributed by atoms with Gasteiger partial charge < -0.3 is 14.2 Å². The molecule has 2 heterocycles. The quantitative estimate of drug-likeness (QED) is 0.583. The molecule has 7 heteroatoms. The molecule has 0 radical (unpaired) electrons. The molecular formula is C23H22N2O5. The third-order valence-corrected chi connectivity index (χ3v) is 4.91. The van der Waals surface area contributed by atoms with E-state index in [-0.39, 0.29) is 11.7 Å². The van der Waals surface area contributed by atoms with E-state index in [1.807, 2.05) is 48.5 Å². The molecular weight excluding hydrogens is 384 g/mol. The molecule has 0 spiro atoms. The van der Waals surface area contributed by atoms with E-state index in [1.165, 1.54) is 0 Å². The van der Waals surface area contributed by atoms with E-state index in [2.05, 4.69) is 5.10 Å². The van der Waals surface area contributed by atoms with Gasteiger partial charge in [0.1, 0.15) is 23.1 Å². The summed E-state index contributed by atoms with van der Waals surface area (Å²) in [6.07, 6.45) is 0.799. The van der Waals surface area contributed by atoms with Gasteiger partial charge in [0.25, 0.3) is 0 Å². The molecule has 2 aromatic carbocycles. The Morgan fingerprint density at radius 2 is 1.90 bits per heavy atom. The Kier molecular flexibility index (Phi) is 5.52. The monoisotopic (exact) mass is 406 g/mol. The molecule has 1 fully saturated rings. The molecule has 7 nitrogen and oxygen atoms in total. The van der Waals surface area contributed by atoms with Gasteiger partial charge in [-0.25, -0.2) is 9.59 Å². The van der Waals surface area contributed by atoms with Crippen molar-refractivity contribution >= 4 is 11.9 Å². The molecule has 0 N–H and O–H groups in total. The largest absolute Gasteiger partial charge is 0.496 e. The number of hydrogen-bond donors (Lipinski definition) is 0. The normalized spacial score (nSPS) is 18.1. The highest BCUT2D eigenvalue weighted by atomic mass is 16.6. The summed E-state index contributed by atoms with van der Waals surface area (Å²) in [5.41, 5.74) is 2.41. The maximum Gasteiger partial charge on any atom is 0.347 e. The van der Waals surface area contributed by atoms with E-state index in [0.29, 0.717) is 30.0 Å². The first-order chi connectivity index (χ1) is 14.5. The summed E-state index contributed by atoms with van der Waals surface area (Å²) < 4.78 is 17.7. The molecule has 0 amide bonds. The first kappa shape index (κ1) is 19.7. The van der Waals surface area contributed by atoms with Crippen LogP contribution in [0.5, 0.6) is 5.75 Å². The highest BCUT2D eigenvalue weighted by Crippen LogP contribution is 2.32. The minimum absolute atomic E-state index is 0.266. The second-order valence-corrected chi connectivity index (χ2v) is 7.15. The van der Waals surface area contributed by atoms with Crippen LogP contribution in [-0.4, -0.2) is 41.0 Å². The number of carbonyl (C=O) groups excluding carboxylic acids is 2. The fraction of sp³-hybridized carbons (Fsp3) is 0.261. The first-order valence-electron chi connectivity index (χ1n) is 9.71. The van der Waals surface area contributed by atoms with E-state index in [1.54, 1.807) is 31.0 Å². The summed E-state index contributed by atoms with van der Waals surface area (Å²) in [4.78, 5) is 24.9. The van der Waals surface area contributed by atoms with Crippen LogP contribution in [0.4, 0.5) is 0 Å². The number of ether oxygens (including phenoxy) is 3. The van der Waals surface area contributed by atoms with E-state index in [0.717, 1.165) is 5.56 Å². The molecule has 1 aliphatic heterocycles. The second kappa shape index (κ2) is 8.41. The number of nitrogens with zero attached hydrogens (tertiary/aromatic N) is 2. The molecule has 0 aliphatic carbocycles. The number of benzene rings is 2. The lowest BCUT2D eigenvalue weighted by atomic mass is 10.1. The maximum absolute atomic E-state index is 13.0. The molecule has 0 bridgehead atoms. The van der Waals surface area contributed by atoms with E-state index in [9.17, 15) is 9.59 Å². The molecule has 2 atom stereocenters. The van der Waals surface area contributed by atoms with Crippen LogP contribution in [0.1, 0.15) is 29.3 Å². The number of para-hydroxylation sites is 1. The van der Waals surface area contributed by atoms with Gasteiger partial charge in [-0.05, 0) is 24.6 Å². The third-order valence-electron chi connectivity index (χ3n) is 4.91. The fourth-order valence-corrected chi connectivity index (χ4v) is 3.47. The van der Waals surface area contributed by atoms with Crippen molar-refractivity contribution in [2.45, 2.75) is 32.1 Å². The van der Waals surface area contributed by atoms with Gasteiger partial charge in [0, 0.05) is 18.2 Å². The number of methoxy groups -OCH3 is 1. The Labute approximate surface area is 174 Å². The van der Waals surface area contributed by atoms with Crippen LogP contribution in [0.3, 0.4) is 0 Å². The van der Waals surface area contributed by atoms with Crippen molar-refractivity contribution in [3.8, 4) is 17.0 Å². The number of rotatable bonds is 6. The van der Waals surface area contributed by atoms with Crippen LogP contribution in [0.2, 0.25) is 0 Å². The third kappa shape index (κ3) is 4.05. The summed E-state index contributed by atoms with van der Waals surface area (Å²) >= 11 is 0. The fourth-order valence-electron chi connectivity index (χ4n) is 3.47. The van der Waals surface area contributed by atoms with Crippen molar-refractivity contribution in [3.63, 3.8) is 0 Å². The SMILES string of the molecule is COc1ccccc1-c1nn(Cc2ccccc2)cc1C(=O)O[C@H]1C[C@H](C)OC1=O. The van der Waals surface area contributed by atoms with Crippen molar-refractivity contribution in [2.24, 2.45) is 0 Å². The van der Waals surface area contributed by atoms with Crippen molar-refractivity contribution in [2.75, 3.05) is 7.11 Å². The zero-order valence-corrected chi connectivity index (χ0v) is 16.8. The van der Waals surface area contributed by atoms with Gasteiger partial charge in [-0.2, -0.15) is 5.10 Å². The zero-order chi connectivity index (χ0) is 21.1. The van der Waals surface area contributed by atoms with Crippen LogP contribution in [0.25, 0.3) is 11.3 Å². The van der Waals surface area contributed by atoms with Crippen LogP contribution in [-0.2, 0) is 20.8 Å². The Balaban J connectivity index is 1.70. The second-order valence-electron chi connectivity index (χ2n) is 7.15. The smallest absolute Gasteiger partial charge is 0.347 e. The summed E-state index contributed by atoms with van der Waals surface area (Å²) in [5.74, 6) is -0.553. The predicted molar refractivity (Wildman–Crippen MR) is 109 cm³/mol. The topological polar surface area (TPSA) is 79.7 Å². The Bertz CT molecular complexity index is 1060.